The van der Waals surface area contributed by atoms with Crippen LogP contribution in [0.3, 0.4) is 0 Å². The van der Waals surface area contributed by atoms with Crippen molar-refractivity contribution in [2.75, 3.05) is 12.3 Å². The number of carbonyl (C=O) groups excluding carboxylic acids is 1. The van der Waals surface area contributed by atoms with Crippen LogP contribution < -0.4 is 5.73 Å². The van der Waals surface area contributed by atoms with Crippen molar-refractivity contribution in [3.63, 3.8) is 0 Å². The van der Waals surface area contributed by atoms with Gasteiger partial charge in [0.15, 0.2) is 11.9 Å². The summed E-state index contributed by atoms with van der Waals surface area (Å²) in [5.74, 6) is -0.513. The number of nitrogens with zero attached hydrogens (tertiary/aromatic N) is 4. The highest BCUT2D eigenvalue weighted by molar-refractivity contribution is 5.83. The summed E-state index contributed by atoms with van der Waals surface area (Å²) >= 11 is 0. The van der Waals surface area contributed by atoms with Gasteiger partial charge in [-0.05, 0) is 0 Å². The van der Waals surface area contributed by atoms with E-state index in [1.807, 2.05) is 0 Å². The van der Waals surface area contributed by atoms with Crippen molar-refractivity contribution in [3.05, 3.63) is 12.5 Å². The minimum absolute atomic E-state index is 0.0550. The Morgan fingerprint density at radius 2 is 2.23 bits per heavy atom. The Kier molecular flexibility index (Phi) is 4.85. The standard InChI is InChI=1S/C12H17N5O5/c1-6(19)22-9(4-18)11(21)8(20)3-17-5-14-10-7(17)2-15-16-12(10)13/h2,5,8-9,11,18,20-21H,3-4H2,1H3,(H2,13,16)/t8?,9-,11+/m0/s1. The molecule has 5 N–H and O–H groups in total. The van der Waals surface area contributed by atoms with Crippen LogP contribution in [-0.4, -0.2) is 66.0 Å². The second kappa shape index (κ2) is 6.64. The number of aliphatic hydroxyl groups is 3. The van der Waals surface area contributed by atoms with Crippen molar-refractivity contribution in [3.8, 4) is 0 Å². The van der Waals surface area contributed by atoms with E-state index in [2.05, 4.69) is 15.2 Å². The molecular weight excluding hydrogens is 294 g/mol. The average molecular weight is 311 g/mol. The van der Waals surface area contributed by atoms with Crippen molar-refractivity contribution >= 4 is 22.8 Å². The molecule has 0 saturated heterocycles. The van der Waals surface area contributed by atoms with Crippen LogP contribution in [-0.2, 0) is 16.1 Å². The van der Waals surface area contributed by atoms with E-state index >= 15 is 0 Å². The molecule has 120 valence electrons. The van der Waals surface area contributed by atoms with Gasteiger partial charge in [0, 0.05) is 6.92 Å². The van der Waals surface area contributed by atoms with E-state index < -0.39 is 30.9 Å². The van der Waals surface area contributed by atoms with Gasteiger partial charge in [0.05, 0.1) is 31.2 Å². The lowest BCUT2D eigenvalue weighted by atomic mass is 10.1. The third kappa shape index (κ3) is 3.30. The number of fused-ring (bicyclic) bond motifs is 1. The van der Waals surface area contributed by atoms with Crippen LogP contribution in [0.4, 0.5) is 5.82 Å². The summed E-state index contributed by atoms with van der Waals surface area (Å²) in [6.45, 7) is 0.480. The number of ether oxygens (including phenoxy) is 1. The fraction of sp³-hybridized carbons (Fsp3) is 0.500. The van der Waals surface area contributed by atoms with E-state index in [4.69, 9.17) is 15.6 Å². The zero-order valence-electron chi connectivity index (χ0n) is 11.8. The van der Waals surface area contributed by atoms with Crippen LogP contribution >= 0.6 is 0 Å². The molecule has 0 fully saturated rings. The molecule has 10 nitrogen and oxygen atoms in total. The Labute approximate surface area is 125 Å². The number of aliphatic hydroxyl groups excluding tert-OH is 3. The van der Waals surface area contributed by atoms with Crippen molar-refractivity contribution in [2.24, 2.45) is 0 Å². The lowest BCUT2D eigenvalue weighted by Gasteiger charge is -2.25. The molecule has 3 atom stereocenters. The number of rotatable bonds is 6. The Morgan fingerprint density at radius 1 is 1.50 bits per heavy atom. The van der Waals surface area contributed by atoms with Gasteiger partial charge in [-0.25, -0.2) is 4.98 Å². The van der Waals surface area contributed by atoms with Crippen molar-refractivity contribution in [1.29, 1.82) is 0 Å². The number of anilines is 1. The lowest BCUT2D eigenvalue weighted by molar-refractivity contribution is -0.161. The zero-order chi connectivity index (χ0) is 16.3. The van der Waals surface area contributed by atoms with Gasteiger partial charge < -0.3 is 30.4 Å². The molecule has 0 spiro atoms. The minimum atomic E-state index is -1.46. The molecule has 22 heavy (non-hydrogen) atoms. The van der Waals surface area contributed by atoms with Gasteiger partial charge in [0.25, 0.3) is 0 Å². The third-order valence-corrected chi connectivity index (χ3v) is 3.12. The molecule has 0 aliphatic rings. The van der Waals surface area contributed by atoms with Crippen molar-refractivity contribution in [1.82, 2.24) is 19.7 Å². The number of nitrogens with two attached hydrogens (primary N) is 1. The summed E-state index contributed by atoms with van der Waals surface area (Å²) in [7, 11) is 0. The summed E-state index contributed by atoms with van der Waals surface area (Å²) in [6, 6.07) is 0. The molecule has 0 amide bonds. The molecular formula is C12H17N5O5. The number of hydrogen-bond acceptors (Lipinski definition) is 9. The first kappa shape index (κ1) is 16.1. The van der Waals surface area contributed by atoms with Crippen LogP contribution in [0.1, 0.15) is 6.92 Å². The van der Waals surface area contributed by atoms with E-state index in [0.29, 0.717) is 11.0 Å². The van der Waals surface area contributed by atoms with Gasteiger partial charge in [-0.3, -0.25) is 4.79 Å². The molecule has 10 heteroatoms. The molecule has 0 saturated carbocycles. The van der Waals surface area contributed by atoms with Gasteiger partial charge in [-0.2, -0.15) is 5.10 Å². The summed E-state index contributed by atoms with van der Waals surface area (Å²) < 4.78 is 6.27. The fourth-order valence-electron chi connectivity index (χ4n) is 2.05. The zero-order valence-corrected chi connectivity index (χ0v) is 11.8. The predicted molar refractivity (Wildman–Crippen MR) is 74.4 cm³/mol. The lowest BCUT2D eigenvalue weighted by Crippen LogP contribution is -2.43. The Morgan fingerprint density at radius 3 is 2.86 bits per heavy atom. The molecule has 2 heterocycles. The summed E-state index contributed by atoms with van der Waals surface area (Å²) in [4.78, 5) is 15.0. The summed E-state index contributed by atoms with van der Waals surface area (Å²) in [5, 5.41) is 36.5. The van der Waals surface area contributed by atoms with Crippen LogP contribution in [0.2, 0.25) is 0 Å². The van der Waals surface area contributed by atoms with E-state index in [1.54, 1.807) is 0 Å². The molecule has 0 radical (unpaired) electrons. The average Bonchev–Trinajstić information content (AvgIpc) is 2.88. The van der Waals surface area contributed by atoms with Crippen LogP contribution in [0, 0.1) is 0 Å². The molecule has 2 rings (SSSR count). The number of carbonyl (C=O) groups is 1. The summed E-state index contributed by atoms with van der Waals surface area (Å²) in [5.41, 5.74) is 6.59. The van der Waals surface area contributed by atoms with E-state index in [9.17, 15) is 15.0 Å². The highest BCUT2D eigenvalue weighted by atomic mass is 16.6. The highest BCUT2D eigenvalue weighted by Crippen LogP contribution is 2.17. The first-order valence-electron chi connectivity index (χ1n) is 6.50. The van der Waals surface area contributed by atoms with E-state index in [-0.39, 0.29) is 12.4 Å². The van der Waals surface area contributed by atoms with E-state index in [0.717, 1.165) is 6.92 Å². The first-order valence-corrected chi connectivity index (χ1v) is 6.50. The second-order valence-corrected chi connectivity index (χ2v) is 4.75. The quantitative estimate of drug-likeness (QED) is 0.445. The molecule has 0 bridgehead atoms. The monoisotopic (exact) mass is 311 g/mol. The molecule has 2 aromatic rings. The minimum Gasteiger partial charge on any atom is -0.457 e. The Balaban J connectivity index is 2.14. The SMILES string of the molecule is CC(=O)O[C@@H](CO)[C@H](O)C(O)Cn1cnc2c(N)nncc21. The Hall–Kier alpha value is -2.30. The topological polar surface area (TPSA) is 157 Å². The van der Waals surface area contributed by atoms with Gasteiger partial charge in [-0.15, -0.1) is 5.10 Å². The number of esters is 1. The van der Waals surface area contributed by atoms with Gasteiger partial charge in [0.1, 0.15) is 17.7 Å². The largest absolute Gasteiger partial charge is 0.457 e. The van der Waals surface area contributed by atoms with Gasteiger partial charge >= 0.3 is 5.97 Å². The van der Waals surface area contributed by atoms with E-state index in [1.165, 1.54) is 17.1 Å². The molecule has 1 unspecified atom stereocenters. The molecule has 0 aliphatic carbocycles. The number of nitrogen functional groups attached to an aromatic ring is 1. The number of aromatic nitrogens is 4. The highest BCUT2D eigenvalue weighted by Gasteiger charge is 2.29. The molecule has 2 aromatic heterocycles. The second-order valence-electron chi connectivity index (χ2n) is 4.75. The van der Waals surface area contributed by atoms with Gasteiger partial charge in [0.2, 0.25) is 0 Å². The fourth-order valence-corrected chi connectivity index (χ4v) is 2.05. The summed E-state index contributed by atoms with van der Waals surface area (Å²) in [6.07, 6.45) is -1.14. The predicted octanol–water partition coefficient (Wildman–Crippen LogP) is -1.95. The number of hydrogen-bond donors (Lipinski definition) is 4. The number of imidazole rings is 1. The maximum atomic E-state index is 10.9. The molecule has 0 aliphatic heterocycles. The first-order chi connectivity index (χ1) is 10.4. The van der Waals surface area contributed by atoms with Crippen LogP contribution in [0.15, 0.2) is 12.5 Å². The van der Waals surface area contributed by atoms with Crippen LogP contribution in [0.5, 0.6) is 0 Å². The van der Waals surface area contributed by atoms with Crippen molar-refractivity contribution in [2.45, 2.75) is 31.8 Å². The smallest absolute Gasteiger partial charge is 0.303 e. The Bertz CT molecular complexity index is 660. The van der Waals surface area contributed by atoms with Crippen LogP contribution in [0.25, 0.3) is 11.0 Å². The van der Waals surface area contributed by atoms with Crippen molar-refractivity contribution < 1.29 is 24.9 Å². The van der Waals surface area contributed by atoms with Gasteiger partial charge in [-0.1, -0.05) is 0 Å². The third-order valence-electron chi connectivity index (χ3n) is 3.12. The normalized spacial score (nSPS) is 15.5. The molecule has 0 aromatic carbocycles. The maximum absolute atomic E-state index is 10.9. The maximum Gasteiger partial charge on any atom is 0.303 e.